The molecule has 1 fully saturated rings. The van der Waals surface area contributed by atoms with Crippen molar-refractivity contribution in [3.8, 4) is 0 Å². The summed E-state index contributed by atoms with van der Waals surface area (Å²) in [6.45, 7) is 9.93. The summed E-state index contributed by atoms with van der Waals surface area (Å²) in [4.78, 5) is 41.8. The monoisotopic (exact) mass is 733 g/mol. The molecule has 2 aromatic rings. The second-order valence-electron chi connectivity index (χ2n) is 11.7. The Labute approximate surface area is 291 Å². The lowest BCUT2D eigenvalue weighted by atomic mass is 9.74. The van der Waals surface area contributed by atoms with Gasteiger partial charge in [-0.05, 0) is 29.7 Å². The van der Waals surface area contributed by atoms with E-state index in [-0.39, 0.29) is 37.8 Å². The molecule has 0 saturated carbocycles. The van der Waals surface area contributed by atoms with Gasteiger partial charge in [0, 0.05) is 33.9 Å². The van der Waals surface area contributed by atoms with Gasteiger partial charge in [-0.1, -0.05) is 75.6 Å². The number of ether oxygens (including phenoxy) is 2. The molecule has 50 heavy (non-hydrogen) atoms. The minimum atomic E-state index is -5.73. The summed E-state index contributed by atoms with van der Waals surface area (Å²) < 4.78 is 77.4. The molecule has 0 N–H and O–H groups in total. The summed E-state index contributed by atoms with van der Waals surface area (Å²) >= 11 is 1.24. The Kier molecular flexibility index (Phi) is 10.9. The average Bonchev–Trinajstić information content (AvgIpc) is 3.32. The number of hydrogen-bond donors (Lipinski definition) is 0. The number of hydrazone groups is 1. The standard InChI is InChI=1S/C34H34F3N3O8S2/c1-5-15-46-32(42)21(4)27-29-20(3)25(30(40(29)31(27)41)33(43)47-16-6-2)19-39-38-28(23-10-8-7-9-11-23)24-18-22(12-13-26(24)49-39)14-17-48-50(44,45)34(35,36)37/h5-13,18,20-21,27,29H,1-2,14-17,19H2,3-4H3/t20?,21-,27?,29?/m1/s1. The molecule has 2 aromatic carbocycles. The number of benzene rings is 2. The quantitative estimate of drug-likeness (QED) is 0.0653. The Morgan fingerprint density at radius 1 is 1.08 bits per heavy atom. The average molecular weight is 734 g/mol. The first-order valence-corrected chi connectivity index (χ1v) is 17.7. The zero-order chi connectivity index (χ0) is 36.4. The van der Waals surface area contributed by atoms with E-state index in [2.05, 4.69) is 17.3 Å². The molecular formula is C34H34F3N3O8S2. The Morgan fingerprint density at radius 2 is 1.76 bits per heavy atom. The van der Waals surface area contributed by atoms with E-state index in [0.717, 1.165) is 10.5 Å². The van der Waals surface area contributed by atoms with Gasteiger partial charge in [0.05, 0.1) is 36.7 Å². The number of hydrogen-bond acceptors (Lipinski definition) is 11. The van der Waals surface area contributed by atoms with Gasteiger partial charge >= 0.3 is 27.6 Å². The maximum absolute atomic E-state index is 13.5. The lowest BCUT2D eigenvalue weighted by Gasteiger charge is -2.47. The number of carbonyl (C=O) groups is 3. The summed E-state index contributed by atoms with van der Waals surface area (Å²) in [6, 6.07) is 13.7. The first-order valence-electron chi connectivity index (χ1n) is 15.5. The third kappa shape index (κ3) is 7.23. The van der Waals surface area contributed by atoms with Crippen LogP contribution in [0, 0.1) is 17.8 Å². The SMILES string of the molecule is C=CCOC(=O)C1=C(CN2N=C(c3ccccc3)c3cc(CCOS(=O)(=O)C(F)(F)F)ccc3S2)C(C)C2C([C@@H](C)C(=O)OCC=C)C(=O)N12. The molecule has 1 amide bonds. The molecule has 0 bridgehead atoms. The van der Waals surface area contributed by atoms with Crippen LogP contribution in [0.15, 0.2) is 95.1 Å². The molecular weight excluding hydrogens is 700 g/mol. The van der Waals surface area contributed by atoms with Crippen LogP contribution >= 0.6 is 11.9 Å². The molecule has 3 unspecified atom stereocenters. The first-order chi connectivity index (χ1) is 23.7. The maximum atomic E-state index is 13.5. The van der Waals surface area contributed by atoms with Gasteiger partial charge in [0.1, 0.15) is 18.9 Å². The van der Waals surface area contributed by atoms with Crippen molar-refractivity contribution in [2.24, 2.45) is 22.9 Å². The van der Waals surface area contributed by atoms with Crippen LogP contribution in [0.4, 0.5) is 13.2 Å². The topological polar surface area (TPSA) is 132 Å². The molecule has 0 radical (unpaired) electrons. The third-order valence-corrected chi connectivity index (χ3v) is 10.6. The minimum Gasteiger partial charge on any atom is -0.461 e. The number of esters is 2. The van der Waals surface area contributed by atoms with Gasteiger partial charge in [0.2, 0.25) is 5.91 Å². The van der Waals surface area contributed by atoms with Gasteiger partial charge in [-0.25, -0.2) is 9.21 Å². The summed E-state index contributed by atoms with van der Waals surface area (Å²) in [7, 11) is -5.73. The van der Waals surface area contributed by atoms with Crippen LogP contribution in [-0.2, 0) is 44.6 Å². The summed E-state index contributed by atoms with van der Waals surface area (Å²) in [6.07, 6.45) is 2.73. The van der Waals surface area contributed by atoms with Gasteiger partial charge in [0.15, 0.2) is 0 Å². The minimum absolute atomic E-state index is 0.00128. The van der Waals surface area contributed by atoms with Crippen molar-refractivity contribution in [1.82, 2.24) is 9.31 Å². The number of halogens is 3. The lowest BCUT2D eigenvalue weighted by Crippen LogP contribution is -2.63. The molecule has 3 aliphatic heterocycles. The summed E-state index contributed by atoms with van der Waals surface area (Å²) in [5, 5.41) is 4.89. The Hall–Kier alpha value is -4.41. The number of alkyl halides is 3. The molecule has 3 heterocycles. The number of amides is 1. The largest absolute Gasteiger partial charge is 0.523 e. The van der Waals surface area contributed by atoms with E-state index in [1.54, 1.807) is 29.5 Å². The van der Waals surface area contributed by atoms with Crippen LogP contribution in [-0.4, -0.2) is 79.2 Å². The zero-order valence-electron chi connectivity index (χ0n) is 27.1. The smallest absolute Gasteiger partial charge is 0.461 e. The second-order valence-corrected chi connectivity index (χ2v) is 14.4. The van der Waals surface area contributed by atoms with Crippen molar-refractivity contribution < 1.29 is 49.6 Å². The van der Waals surface area contributed by atoms with Gasteiger partial charge in [-0.3, -0.25) is 13.8 Å². The number of fused-ring (bicyclic) bond motifs is 2. The first kappa shape index (κ1) is 36.9. The van der Waals surface area contributed by atoms with Crippen LogP contribution in [0.3, 0.4) is 0 Å². The molecule has 4 atom stereocenters. The molecule has 3 aliphatic rings. The van der Waals surface area contributed by atoms with Gasteiger partial charge < -0.3 is 14.4 Å². The molecule has 5 rings (SSSR count). The number of carbonyl (C=O) groups excluding carboxylic acids is 3. The maximum Gasteiger partial charge on any atom is 0.523 e. The van der Waals surface area contributed by atoms with Crippen molar-refractivity contribution in [1.29, 1.82) is 0 Å². The summed E-state index contributed by atoms with van der Waals surface area (Å²) in [5.74, 6) is -3.53. The highest BCUT2D eigenvalue weighted by atomic mass is 32.2. The molecule has 0 spiro atoms. The predicted molar refractivity (Wildman–Crippen MR) is 178 cm³/mol. The van der Waals surface area contributed by atoms with E-state index < -0.39 is 58.0 Å². The van der Waals surface area contributed by atoms with Crippen LogP contribution < -0.4 is 0 Å². The van der Waals surface area contributed by atoms with Crippen LogP contribution in [0.1, 0.15) is 30.5 Å². The molecule has 266 valence electrons. The van der Waals surface area contributed by atoms with Crippen molar-refractivity contribution in [3.63, 3.8) is 0 Å². The molecule has 1 saturated heterocycles. The molecule has 0 aliphatic carbocycles. The van der Waals surface area contributed by atoms with Crippen molar-refractivity contribution in [2.75, 3.05) is 26.4 Å². The highest BCUT2D eigenvalue weighted by molar-refractivity contribution is 7.97. The lowest BCUT2D eigenvalue weighted by molar-refractivity contribution is -0.168. The Balaban J connectivity index is 1.45. The predicted octanol–water partition coefficient (Wildman–Crippen LogP) is 5.00. The Morgan fingerprint density at radius 3 is 2.42 bits per heavy atom. The van der Waals surface area contributed by atoms with E-state index in [1.165, 1.54) is 29.0 Å². The zero-order valence-corrected chi connectivity index (χ0v) is 28.7. The molecule has 0 aromatic heterocycles. The summed E-state index contributed by atoms with van der Waals surface area (Å²) in [5.41, 5.74) is -2.45. The van der Waals surface area contributed by atoms with E-state index in [0.29, 0.717) is 22.4 Å². The third-order valence-electron chi connectivity index (χ3n) is 8.56. The molecule has 16 heteroatoms. The second kappa shape index (κ2) is 14.8. The van der Waals surface area contributed by atoms with Crippen LogP contribution in [0.2, 0.25) is 0 Å². The normalized spacial score (nSPS) is 20.7. The van der Waals surface area contributed by atoms with Gasteiger partial charge in [-0.2, -0.15) is 26.7 Å². The van der Waals surface area contributed by atoms with E-state index in [9.17, 15) is 36.0 Å². The van der Waals surface area contributed by atoms with E-state index in [1.807, 2.05) is 37.3 Å². The number of nitrogens with zero attached hydrogens (tertiary/aromatic N) is 3. The van der Waals surface area contributed by atoms with Crippen molar-refractivity contribution in [2.45, 2.75) is 36.7 Å². The van der Waals surface area contributed by atoms with E-state index in [4.69, 9.17) is 14.6 Å². The fourth-order valence-electron chi connectivity index (χ4n) is 6.14. The van der Waals surface area contributed by atoms with Crippen molar-refractivity contribution in [3.05, 3.63) is 102 Å². The fourth-order valence-corrected chi connectivity index (χ4v) is 7.51. The Bertz CT molecular complexity index is 1860. The number of β-lactam (4-membered cyclic amide) rings is 1. The van der Waals surface area contributed by atoms with Gasteiger partial charge in [0.25, 0.3) is 0 Å². The van der Waals surface area contributed by atoms with Crippen LogP contribution in [0.5, 0.6) is 0 Å². The van der Waals surface area contributed by atoms with E-state index >= 15 is 0 Å². The van der Waals surface area contributed by atoms with Crippen LogP contribution in [0.25, 0.3) is 0 Å². The van der Waals surface area contributed by atoms with Crippen molar-refractivity contribution >= 4 is 45.6 Å². The highest BCUT2D eigenvalue weighted by Gasteiger charge is 2.61. The number of rotatable bonds is 14. The highest BCUT2D eigenvalue weighted by Crippen LogP contribution is 2.50. The van der Waals surface area contributed by atoms with Gasteiger partial charge in [-0.15, -0.1) is 0 Å². The molecule has 11 nitrogen and oxygen atoms in total. The fraction of sp³-hybridized carbons (Fsp3) is 0.353.